The molecule has 0 aliphatic carbocycles. The number of hydrogen-bond acceptors (Lipinski definition) is 2. The highest BCUT2D eigenvalue weighted by atomic mass is 32.1. The molecule has 0 amide bonds. The Balaban J connectivity index is 1.78. The maximum atomic E-state index is 4.26. The van der Waals surface area contributed by atoms with Gasteiger partial charge in [-0.2, -0.15) is 12.6 Å². The van der Waals surface area contributed by atoms with Crippen molar-refractivity contribution < 1.29 is 0 Å². The summed E-state index contributed by atoms with van der Waals surface area (Å²) in [6.45, 7) is 3.73. The van der Waals surface area contributed by atoms with Gasteiger partial charge >= 0.3 is 0 Å². The molecule has 1 aromatic carbocycles. The third kappa shape index (κ3) is 4.04. The third-order valence-electron chi connectivity index (χ3n) is 3.65. The molecule has 0 spiro atoms. The van der Waals surface area contributed by atoms with E-state index in [4.69, 9.17) is 0 Å². The monoisotopic (exact) mass is 249 g/mol. The van der Waals surface area contributed by atoms with Crippen LogP contribution in [0.2, 0.25) is 0 Å². The molecule has 0 saturated carbocycles. The van der Waals surface area contributed by atoms with Gasteiger partial charge in [0.1, 0.15) is 0 Å². The minimum Gasteiger partial charge on any atom is -0.303 e. The maximum absolute atomic E-state index is 4.26. The summed E-state index contributed by atoms with van der Waals surface area (Å²) in [5, 5.41) is 0. The molecule has 0 N–H and O–H groups in total. The normalized spacial score (nSPS) is 16.5. The predicted molar refractivity (Wildman–Crippen MR) is 78.0 cm³/mol. The Morgan fingerprint density at radius 3 is 2.18 bits per heavy atom. The van der Waals surface area contributed by atoms with Crippen LogP contribution in [-0.2, 0) is 12.8 Å². The van der Waals surface area contributed by atoms with Crippen LogP contribution in [0, 0.1) is 0 Å². The maximum Gasteiger partial charge on any atom is 0.00221 e. The van der Waals surface area contributed by atoms with E-state index in [1.54, 1.807) is 11.1 Å². The fraction of sp³-hybridized carbons (Fsp3) is 0.600. The zero-order chi connectivity index (χ0) is 11.9. The van der Waals surface area contributed by atoms with Crippen LogP contribution in [0.3, 0.4) is 0 Å². The largest absolute Gasteiger partial charge is 0.303 e. The molecule has 94 valence electrons. The first-order chi connectivity index (χ1) is 8.40. The molecule has 1 aromatic rings. The van der Waals surface area contributed by atoms with Crippen LogP contribution in [0.25, 0.3) is 0 Å². The molecule has 0 atom stereocenters. The minimum absolute atomic E-state index is 1.03. The molecule has 17 heavy (non-hydrogen) atoms. The molecule has 2 heteroatoms. The average molecular weight is 249 g/mol. The SMILES string of the molecule is SCCCCCN1CCc2ccccc2CC1. The Labute approximate surface area is 111 Å². The Morgan fingerprint density at radius 1 is 0.941 bits per heavy atom. The molecular formula is C15H23NS. The summed E-state index contributed by atoms with van der Waals surface area (Å²) >= 11 is 4.26. The number of unbranched alkanes of at least 4 members (excludes halogenated alkanes) is 2. The lowest BCUT2D eigenvalue weighted by atomic mass is 10.0. The molecule has 0 saturated heterocycles. The quantitative estimate of drug-likeness (QED) is 0.619. The van der Waals surface area contributed by atoms with Crippen LogP contribution in [0.4, 0.5) is 0 Å². The average Bonchev–Trinajstić information content (AvgIpc) is 2.58. The Kier molecular flexibility index (Phi) is 5.40. The number of fused-ring (bicyclic) bond motifs is 1. The Hall–Kier alpha value is -0.470. The van der Waals surface area contributed by atoms with Gasteiger partial charge in [0.05, 0.1) is 0 Å². The summed E-state index contributed by atoms with van der Waals surface area (Å²) in [6, 6.07) is 8.92. The summed E-state index contributed by atoms with van der Waals surface area (Å²) < 4.78 is 0. The molecule has 1 aliphatic heterocycles. The second kappa shape index (κ2) is 7.07. The number of benzene rings is 1. The second-order valence-corrected chi connectivity index (χ2v) is 5.34. The summed E-state index contributed by atoms with van der Waals surface area (Å²) in [5.74, 6) is 1.03. The molecule has 1 nitrogen and oxygen atoms in total. The van der Waals surface area contributed by atoms with E-state index in [2.05, 4.69) is 41.8 Å². The van der Waals surface area contributed by atoms with Crippen LogP contribution in [-0.4, -0.2) is 30.3 Å². The fourth-order valence-corrected chi connectivity index (χ4v) is 2.79. The highest BCUT2D eigenvalue weighted by Gasteiger charge is 2.12. The molecule has 0 bridgehead atoms. The molecule has 0 fully saturated rings. The Bertz CT molecular complexity index is 310. The van der Waals surface area contributed by atoms with E-state index in [0.717, 1.165) is 5.75 Å². The zero-order valence-corrected chi connectivity index (χ0v) is 11.5. The summed E-state index contributed by atoms with van der Waals surface area (Å²) in [4.78, 5) is 2.62. The first kappa shape index (κ1) is 13.0. The van der Waals surface area contributed by atoms with Gasteiger partial charge in [0.25, 0.3) is 0 Å². The fourth-order valence-electron chi connectivity index (χ4n) is 2.56. The number of thiol groups is 1. The van der Waals surface area contributed by atoms with Gasteiger partial charge in [-0.05, 0) is 49.1 Å². The zero-order valence-electron chi connectivity index (χ0n) is 10.6. The minimum atomic E-state index is 1.03. The van der Waals surface area contributed by atoms with Gasteiger partial charge < -0.3 is 4.90 Å². The molecule has 0 unspecified atom stereocenters. The van der Waals surface area contributed by atoms with E-state index in [0.29, 0.717) is 0 Å². The van der Waals surface area contributed by atoms with Crippen LogP contribution in [0.1, 0.15) is 30.4 Å². The van der Waals surface area contributed by atoms with Crippen LogP contribution < -0.4 is 0 Å². The highest BCUT2D eigenvalue weighted by molar-refractivity contribution is 7.80. The van der Waals surface area contributed by atoms with Crippen molar-refractivity contribution in [1.82, 2.24) is 4.90 Å². The van der Waals surface area contributed by atoms with Gasteiger partial charge in [0.2, 0.25) is 0 Å². The van der Waals surface area contributed by atoms with E-state index >= 15 is 0 Å². The molecule has 1 heterocycles. The molecule has 1 aliphatic rings. The van der Waals surface area contributed by atoms with Crippen molar-refractivity contribution in [3.63, 3.8) is 0 Å². The van der Waals surface area contributed by atoms with Gasteiger partial charge in [-0.25, -0.2) is 0 Å². The van der Waals surface area contributed by atoms with Crippen LogP contribution in [0.15, 0.2) is 24.3 Å². The van der Waals surface area contributed by atoms with Gasteiger partial charge in [-0.1, -0.05) is 30.7 Å². The van der Waals surface area contributed by atoms with E-state index in [1.165, 1.54) is 51.7 Å². The van der Waals surface area contributed by atoms with Crippen molar-refractivity contribution in [2.75, 3.05) is 25.4 Å². The van der Waals surface area contributed by atoms with Crippen molar-refractivity contribution in [3.05, 3.63) is 35.4 Å². The van der Waals surface area contributed by atoms with Gasteiger partial charge in [-0.3, -0.25) is 0 Å². The van der Waals surface area contributed by atoms with Crippen molar-refractivity contribution in [1.29, 1.82) is 0 Å². The van der Waals surface area contributed by atoms with Crippen molar-refractivity contribution in [2.45, 2.75) is 32.1 Å². The standard InChI is InChI=1S/C15H23NS/c17-13-5-1-4-10-16-11-8-14-6-2-3-7-15(14)9-12-16/h2-3,6-7,17H,1,4-5,8-13H2. The van der Waals surface area contributed by atoms with E-state index < -0.39 is 0 Å². The Morgan fingerprint density at radius 2 is 1.59 bits per heavy atom. The topological polar surface area (TPSA) is 3.24 Å². The van der Waals surface area contributed by atoms with Gasteiger partial charge in [0.15, 0.2) is 0 Å². The van der Waals surface area contributed by atoms with Crippen LogP contribution >= 0.6 is 12.6 Å². The first-order valence-corrected chi connectivity index (χ1v) is 7.43. The summed E-state index contributed by atoms with van der Waals surface area (Å²) in [6.07, 6.45) is 6.37. The number of hydrogen-bond donors (Lipinski definition) is 1. The smallest absolute Gasteiger partial charge is 0.00221 e. The lowest BCUT2D eigenvalue weighted by molar-refractivity contribution is 0.281. The molecule has 2 rings (SSSR count). The molecule has 0 radical (unpaired) electrons. The van der Waals surface area contributed by atoms with E-state index in [9.17, 15) is 0 Å². The van der Waals surface area contributed by atoms with Gasteiger partial charge in [-0.15, -0.1) is 0 Å². The number of nitrogens with zero attached hydrogens (tertiary/aromatic N) is 1. The van der Waals surface area contributed by atoms with E-state index in [-0.39, 0.29) is 0 Å². The predicted octanol–water partition coefficient (Wildman–Crippen LogP) is 3.19. The van der Waals surface area contributed by atoms with Crippen molar-refractivity contribution in [2.24, 2.45) is 0 Å². The lowest BCUT2D eigenvalue weighted by Gasteiger charge is -2.19. The highest BCUT2D eigenvalue weighted by Crippen LogP contribution is 2.15. The lowest BCUT2D eigenvalue weighted by Crippen LogP contribution is -2.27. The third-order valence-corrected chi connectivity index (χ3v) is 3.96. The van der Waals surface area contributed by atoms with Crippen molar-refractivity contribution >= 4 is 12.6 Å². The van der Waals surface area contributed by atoms with E-state index in [1.807, 2.05) is 0 Å². The molecular weight excluding hydrogens is 226 g/mol. The van der Waals surface area contributed by atoms with Crippen molar-refractivity contribution in [3.8, 4) is 0 Å². The summed E-state index contributed by atoms with van der Waals surface area (Å²) in [5.41, 5.74) is 3.12. The summed E-state index contributed by atoms with van der Waals surface area (Å²) in [7, 11) is 0. The van der Waals surface area contributed by atoms with Gasteiger partial charge in [0, 0.05) is 13.1 Å². The first-order valence-electron chi connectivity index (χ1n) is 6.80. The second-order valence-electron chi connectivity index (χ2n) is 4.89. The molecule has 0 aromatic heterocycles. The van der Waals surface area contributed by atoms with Crippen LogP contribution in [0.5, 0.6) is 0 Å². The number of rotatable bonds is 5.